The molecule has 0 spiro atoms. The fourth-order valence-corrected chi connectivity index (χ4v) is 16.2. The number of aromatic nitrogens is 12. The van der Waals surface area contributed by atoms with E-state index in [0.717, 1.165) is 225 Å². The van der Waals surface area contributed by atoms with Gasteiger partial charge in [0.1, 0.15) is 50.7 Å². The SMILES string of the molecule is CO.COC(=O)c1ccc2nc(-c3ccccc3)c(Br)nc2c1.COC(=O)c1ccc2nc(-c3ccccc3)c(N3CCN(c4ccc(C)cn4)CC3)nc2c1.Cc1ccc(N2CCN(c3nc4cc(C(=O)O)ccc4nc3-c3ccccc3)CC2)nc1.Cc1ccc(N2CCN(c3nc4cc(C(=O)O)ccc4nc3-c3ccccc3)CC2)nc1.Cc1ccc(N2CCNCC2)nc1.[2H]CF.[Na+].[OH-]. The fraction of sp³-hybridized carbons (Fsp3) is 0.231. The number of aryl methyl sites for hydroxylation is 4. The van der Waals surface area contributed by atoms with Crippen LogP contribution in [0.25, 0.3) is 89.2 Å². The number of aromatic carboxylic acids is 2. The van der Waals surface area contributed by atoms with E-state index in [4.69, 9.17) is 45.9 Å². The van der Waals surface area contributed by atoms with Gasteiger partial charge in [-0.2, -0.15) is 0 Å². The normalized spacial score (nSPS) is 13.4. The first-order chi connectivity index (χ1) is 66.2. The van der Waals surface area contributed by atoms with Gasteiger partial charge in [0, 0.05) is 159 Å². The van der Waals surface area contributed by atoms with Crippen LogP contribution in [0.2, 0.25) is 0 Å². The first-order valence-electron chi connectivity index (χ1n) is 44.7. The summed E-state index contributed by atoms with van der Waals surface area (Å²) < 4.78 is 25.7. The number of aliphatic hydroxyl groups is 1. The third-order valence-electron chi connectivity index (χ3n) is 22.8. The molecule has 4 aliphatic heterocycles. The largest absolute Gasteiger partial charge is 1.00 e. The van der Waals surface area contributed by atoms with Gasteiger partial charge in [-0.1, -0.05) is 146 Å². The fourth-order valence-electron chi connectivity index (χ4n) is 15.7. The number of alkyl halides is 1. The molecule has 20 rings (SSSR count). The van der Waals surface area contributed by atoms with Crippen molar-refractivity contribution in [3.63, 3.8) is 0 Å². The number of anilines is 7. The van der Waals surface area contributed by atoms with Gasteiger partial charge in [0.25, 0.3) is 0 Å². The summed E-state index contributed by atoms with van der Waals surface area (Å²) in [6.07, 6.45) is 7.62. The van der Waals surface area contributed by atoms with E-state index >= 15 is 0 Å². The van der Waals surface area contributed by atoms with Gasteiger partial charge in [-0.15, -0.1) is 0 Å². The number of nitrogens with zero attached hydrogens (tertiary/aromatic N) is 19. The number of carboxylic acids is 2. The Balaban J connectivity index is 0.000000156. The number of halogens is 2. The second-order valence-corrected chi connectivity index (χ2v) is 32.6. The first kappa shape index (κ1) is 100.0. The molecule has 5 N–H and O–H groups in total. The van der Waals surface area contributed by atoms with E-state index in [1.54, 1.807) is 66.7 Å². The van der Waals surface area contributed by atoms with Gasteiger partial charge < -0.3 is 69.9 Å². The maximum atomic E-state index is 12.0. The molecular formula is C104H105BrFN20NaO10. The van der Waals surface area contributed by atoms with Crippen LogP contribution in [0.1, 0.15) is 65.1 Å². The second-order valence-electron chi connectivity index (χ2n) is 31.9. The Labute approximate surface area is 825 Å². The van der Waals surface area contributed by atoms with Gasteiger partial charge >= 0.3 is 53.4 Å². The summed E-state index contributed by atoms with van der Waals surface area (Å²) in [5.41, 5.74) is 18.5. The average molecular weight is 1920 g/mol. The molecule has 0 atom stereocenters. The summed E-state index contributed by atoms with van der Waals surface area (Å²) in [4.78, 5) is 119. The van der Waals surface area contributed by atoms with Crippen LogP contribution in [0.4, 0.5) is 45.1 Å². The third kappa shape index (κ3) is 25.8. The molecule has 4 saturated heterocycles. The summed E-state index contributed by atoms with van der Waals surface area (Å²) in [5, 5.41) is 29.1. The van der Waals surface area contributed by atoms with Gasteiger partial charge in [0.05, 0.1) is 89.1 Å². The molecule has 0 radical (unpaired) electrons. The number of carbonyl (C=O) groups excluding carboxylic acids is 2. The Hall–Kier alpha value is -14.5. The number of fused-ring (bicyclic) bond motifs is 4. The number of hydrogen-bond donors (Lipinski definition) is 4. The molecule has 16 aromatic rings. The first-order valence-corrected chi connectivity index (χ1v) is 44.8. The summed E-state index contributed by atoms with van der Waals surface area (Å²) in [5.74, 6) is 3.74. The molecule has 0 unspecified atom stereocenters. The zero-order valence-electron chi connectivity index (χ0n) is 78.4. The van der Waals surface area contributed by atoms with Gasteiger partial charge in [-0.3, -0.25) is 4.39 Å². The van der Waals surface area contributed by atoms with E-state index in [2.05, 4.69) is 153 Å². The van der Waals surface area contributed by atoms with E-state index in [0.29, 0.717) is 48.8 Å². The van der Waals surface area contributed by atoms with Gasteiger partial charge in [0.15, 0.2) is 17.5 Å². The number of piperazine rings is 4. The number of nitrogens with one attached hydrogen (secondary N) is 1. The maximum absolute atomic E-state index is 12.0. The number of pyridine rings is 4. The third-order valence-corrected chi connectivity index (χ3v) is 23.4. The van der Waals surface area contributed by atoms with Crippen LogP contribution in [-0.2, 0) is 9.47 Å². The number of rotatable bonds is 15. The molecule has 137 heavy (non-hydrogen) atoms. The number of aliphatic hydroxyl groups excluding tert-OH is 1. The van der Waals surface area contributed by atoms with E-state index in [1.165, 1.54) is 19.8 Å². The standard InChI is InChI=1S/C26H25N5O2.2C25H23N5O2.C16H11BrN2O2.C10H15N3.CH3F.CH4O.Na.H2O/c1-18-8-11-23(27-17-18)30-12-14-31(15-13-30)25-24(19-6-4-3-5-7-19)28-21-10-9-20(26(32)33-2)16-22(21)29-25;2*1-17-7-10-22(26-16-17)29-11-13-30(14-12-29)24-23(18-5-3-2-4-6-18)27-20-9-8-19(25(31)32)15-21(20)28-24;1-21-16(20)11-7-8-12-13(9-11)19-15(17)14(18-12)10-5-3-2-4-6-10;1-9-2-3-10(12-8-9)13-6-4-11-5-7-13;2*1-2;;/h3-11,16-17H,12-15H2,1-2H3;2*2-10,15-16H,11-14H2,1H3,(H,31,32);2-9H,1H3;2-3,8,11H,4-7H2,1H3;1H3;2H,1H3;;1H2/q;;;;;;;+1;/p-1/i;;;;;1D;;;. The van der Waals surface area contributed by atoms with E-state index in [9.17, 15) is 33.8 Å². The Morgan fingerprint density at radius 3 is 0.839 bits per heavy atom. The molecule has 0 bridgehead atoms. The van der Waals surface area contributed by atoms with Crippen molar-refractivity contribution in [1.82, 2.24) is 65.1 Å². The molecule has 8 aromatic heterocycles. The number of carboxylic acid groups (broad SMARTS) is 2. The van der Waals surface area contributed by atoms with Crippen LogP contribution < -0.4 is 69.2 Å². The van der Waals surface area contributed by atoms with Gasteiger partial charge in [-0.05, 0) is 163 Å². The number of carbonyl (C=O) groups is 4. The molecule has 33 heteroatoms. The van der Waals surface area contributed by atoms with Crippen LogP contribution >= 0.6 is 15.9 Å². The van der Waals surface area contributed by atoms with Crippen molar-refractivity contribution < 1.29 is 84.8 Å². The second kappa shape index (κ2) is 49.1. The van der Waals surface area contributed by atoms with Crippen LogP contribution in [-0.4, -0.2) is 238 Å². The molecule has 4 aliphatic rings. The van der Waals surface area contributed by atoms with Crippen molar-refractivity contribution in [2.45, 2.75) is 27.7 Å². The number of ether oxygens (including phenoxy) is 2. The summed E-state index contributed by atoms with van der Waals surface area (Å²) >= 11 is 3.44. The van der Waals surface area contributed by atoms with Crippen molar-refractivity contribution in [2.75, 3.05) is 167 Å². The summed E-state index contributed by atoms with van der Waals surface area (Å²) in [6.45, 7) is 22.1. The molecule has 12 heterocycles. The predicted molar refractivity (Wildman–Crippen MR) is 536 cm³/mol. The van der Waals surface area contributed by atoms with E-state index < -0.39 is 19.1 Å². The van der Waals surface area contributed by atoms with Crippen LogP contribution in [0.15, 0.2) is 272 Å². The van der Waals surface area contributed by atoms with Crippen molar-refractivity contribution in [3.05, 3.63) is 317 Å². The van der Waals surface area contributed by atoms with Crippen molar-refractivity contribution >= 4 is 125 Å². The molecule has 4 fully saturated rings. The number of benzene rings is 8. The minimum absolute atomic E-state index is 0. The Morgan fingerprint density at radius 1 is 0.336 bits per heavy atom. The average Bonchev–Trinajstić information content (AvgIpc) is 0.765. The number of hydrogen-bond acceptors (Lipinski definition) is 28. The van der Waals surface area contributed by atoms with Gasteiger partial charge in [0.2, 0.25) is 0 Å². The van der Waals surface area contributed by atoms with E-state index in [1.807, 2.05) is 161 Å². The number of esters is 2. The molecule has 0 aliphatic carbocycles. The molecule has 0 saturated carbocycles. The Bertz CT molecular complexity index is 6550. The topological polar surface area (TPSA) is 367 Å². The van der Waals surface area contributed by atoms with Crippen molar-refractivity contribution in [3.8, 4) is 45.0 Å². The molecule has 0 amide bonds. The van der Waals surface area contributed by atoms with E-state index in [-0.39, 0.29) is 58.1 Å². The molecule has 30 nitrogen and oxygen atoms in total. The monoisotopic (exact) mass is 1920 g/mol. The Kier molecular flexibility index (Phi) is 35.8. The minimum Gasteiger partial charge on any atom is -0.870 e. The maximum Gasteiger partial charge on any atom is 1.00 e. The summed E-state index contributed by atoms with van der Waals surface area (Å²) in [6, 6.07) is 76.8. The smallest absolute Gasteiger partial charge is 0.870 e. The molecule has 696 valence electrons. The minimum atomic E-state index is -1.00. The van der Waals surface area contributed by atoms with Crippen LogP contribution in [0.3, 0.4) is 0 Å². The number of methoxy groups -OCH3 is 2. The molecular weight excluding hydrogens is 1810 g/mol. The summed E-state index contributed by atoms with van der Waals surface area (Å²) in [7, 11) is 2.73. The van der Waals surface area contributed by atoms with Crippen LogP contribution in [0.5, 0.6) is 0 Å². The van der Waals surface area contributed by atoms with Gasteiger partial charge in [-0.25, -0.2) is 79.0 Å². The van der Waals surface area contributed by atoms with Crippen molar-refractivity contribution in [1.29, 1.82) is 0 Å². The zero-order valence-corrected chi connectivity index (χ0v) is 81.0. The Morgan fingerprint density at radius 2 is 0.577 bits per heavy atom. The predicted octanol–water partition coefficient (Wildman–Crippen LogP) is 13.8. The zero-order chi connectivity index (χ0) is 95.6. The van der Waals surface area contributed by atoms with Crippen molar-refractivity contribution in [2.24, 2.45) is 0 Å². The van der Waals surface area contributed by atoms with Crippen LogP contribution in [0, 0.1) is 27.7 Å². The molecule has 8 aromatic carbocycles. The quantitative estimate of drug-likeness (QED) is 0.0547.